The molecule has 2 unspecified atom stereocenters. The van der Waals surface area contributed by atoms with Crippen LogP contribution in [0, 0.1) is 17.3 Å². The third-order valence-electron chi connectivity index (χ3n) is 5.55. The van der Waals surface area contributed by atoms with Gasteiger partial charge < -0.3 is 10.6 Å². The van der Waals surface area contributed by atoms with E-state index in [4.69, 9.17) is 18.0 Å². The summed E-state index contributed by atoms with van der Waals surface area (Å²) < 4.78 is 0. The molecule has 2 aliphatic carbocycles. The lowest BCUT2D eigenvalue weighted by atomic mass is 9.61. The van der Waals surface area contributed by atoms with Crippen molar-refractivity contribution in [2.24, 2.45) is 23.0 Å². The van der Waals surface area contributed by atoms with Gasteiger partial charge >= 0.3 is 0 Å². The Bertz CT molecular complexity index is 403. The first-order chi connectivity index (χ1) is 9.04. The number of likely N-dealkylation sites (tertiary alicyclic amines) is 1. The van der Waals surface area contributed by atoms with Crippen LogP contribution in [0.5, 0.6) is 0 Å². The van der Waals surface area contributed by atoms with E-state index in [1.54, 1.807) is 0 Å². The fourth-order valence-corrected chi connectivity index (χ4v) is 4.80. The molecule has 3 fully saturated rings. The fourth-order valence-electron chi connectivity index (χ4n) is 4.54. The predicted octanol–water partition coefficient (Wildman–Crippen LogP) is 2.48. The first-order valence-corrected chi connectivity index (χ1v) is 8.06. The molecule has 1 amide bonds. The van der Waals surface area contributed by atoms with Gasteiger partial charge in [-0.2, -0.15) is 0 Å². The Balaban J connectivity index is 1.78. The average molecular weight is 280 g/mol. The van der Waals surface area contributed by atoms with Gasteiger partial charge in [0.1, 0.15) is 0 Å². The summed E-state index contributed by atoms with van der Waals surface area (Å²) >= 11 is 5.22. The van der Waals surface area contributed by atoms with E-state index in [2.05, 4.69) is 11.8 Å². The number of thiocarbonyl (C=S) groups is 1. The van der Waals surface area contributed by atoms with Gasteiger partial charge in [0.25, 0.3) is 0 Å². The molecule has 106 valence electrons. The van der Waals surface area contributed by atoms with Crippen molar-refractivity contribution in [1.82, 2.24) is 4.90 Å². The van der Waals surface area contributed by atoms with Crippen LogP contribution in [0.4, 0.5) is 0 Å². The van der Waals surface area contributed by atoms with Gasteiger partial charge in [-0.05, 0) is 43.9 Å². The number of carbonyl (C=O) groups is 1. The lowest BCUT2D eigenvalue weighted by molar-refractivity contribution is -0.145. The van der Waals surface area contributed by atoms with Crippen LogP contribution in [0.3, 0.4) is 0 Å². The molecule has 2 saturated carbocycles. The summed E-state index contributed by atoms with van der Waals surface area (Å²) in [4.78, 5) is 15.5. The zero-order chi connectivity index (χ0) is 13.6. The number of nitrogens with two attached hydrogens (primary N) is 1. The second-order valence-electron chi connectivity index (χ2n) is 6.86. The van der Waals surface area contributed by atoms with Crippen LogP contribution in [-0.4, -0.2) is 28.4 Å². The van der Waals surface area contributed by atoms with Gasteiger partial charge in [-0.1, -0.05) is 32.0 Å². The highest BCUT2D eigenvalue weighted by atomic mass is 32.1. The van der Waals surface area contributed by atoms with Gasteiger partial charge in [0.15, 0.2) is 0 Å². The Morgan fingerprint density at radius 1 is 1.26 bits per heavy atom. The van der Waals surface area contributed by atoms with Crippen molar-refractivity contribution in [3.05, 3.63) is 0 Å². The van der Waals surface area contributed by atoms with E-state index in [1.165, 1.54) is 32.1 Å². The molecule has 3 aliphatic rings. The highest BCUT2D eigenvalue weighted by Crippen LogP contribution is 2.49. The Morgan fingerprint density at radius 2 is 1.95 bits per heavy atom. The second kappa shape index (κ2) is 4.72. The predicted molar refractivity (Wildman–Crippen MR) is 79.7 cm³/mol. The van der Waals surface area contributed by atoms with E-state index in [0.717, 1.165) is 25.3 Å². The van der Waals surface area contributed by atoms with Crippen molar-refractivity contribution in [1.29, 1.82) is 0 Å². The molecular weight excluding hydrogens is 256 g/mol. The summed E-state index contributed by atoms with van der Waals surface area (Å²) in [7, 11) is 0. The van der Waals surface area contributed by atoms with E-state index in [0.29, 0.717) is 16.9 Å². The number of carbonyl (C=O) groups excluding carboxylic acids is 1. The van der Waals surface area contributed by atoms with Crippen molar-refractivity contribution in [2.45, 2.75) is 57.9 Å². The number of hydrogen-bond acceptors (Lipinski definition) is 2. The number of hydrogen-bond donors (Lipinski definition) is 1. The number of nitrogens with zero attached hydrogens (tertiary/aromatic N) is 1. The summed E-state index contributed by atoms with van der Waals surface area (Å²) in [6, 6.07) is 0.475. The molecule has 1 heterocycles. The average Bonchev–Trinajstić information content (AvgIpc) is 2.77. The molecule has 3 rings (SSSR count). The standard InChI is InChI=1S/C15H24N2OS/c1-10-8-15(9-10,13(16)19)14(18)17-7-6-11-4-2-3-5-12(11)17/h10-12H,2-9H2,1H3,(H2,16,19). The smallest absolute Gasteiger partial charge is 0.235 e. The van der Waals surface area contributed by atoms with E-state index in [9.17, 15) is 4.79 Å². The second-order valence-corrected chi connectivity index (χ2v) is 7.30. The molecule has 1 saturated heterocycles. The maximum atomic E-state index is 12.9. The van der Waals surface area contributed by atoms with Crippen molar-refractivity contribution < 1.29 is 4.79 Å². The molecule has 0 bridgehead atoms. The lowest BCUT2D eigenvalue weighted by Gasteiger charge is -2.47. The number of amides is 1. The minimum atomic E-state index is -0.499. The van der Waals surface area contributed by atoms with Crippen LogP contribution in [0.1, 0.15) is 51.9 Å². The molecule has 0 spiro atoms. The Kier molecular flexibility index (Phi) is 3.32. The van der Waals surface area contributed by atoms with Crippen LogP contribution in [-0.2, 0) is 4.79 Å². The van der Waals surface area contributed by atoms with Crippen LogP contribution in [0.2, 0.25) is 0 Å². The Hall–Kier alpha value is -0.640. The molecule has 0 aromatic heterocycles. The fraction of sp³-hybridized carbons (Fsp3) is 0.867. The molecular formula is C15H24N2OS. The van der Waals surface area contributed by atoms with Gasteiger partial charge in [0.05, 0.1) is 10.4 Å². The Morgan fingerprint density at radius 3 is 2.58 bits per heavy atom. The molecule has 0 aromatic rings. The minimum absolute atomic E-state index is 0.243. The zero-order valence-electron chi connectivity index (χ0n) is 11.7. The first-order valence-electron chi connectivity index (χ1n) is 7.65. The topological polar surface area (TPSA) is 46.3 Å². The lowest BCUT2D eigenvalue weighted by Crippen LogP contribution is -2.58. The minimum Gasteiger partial charge on any atom is -0.392 e. The van der Waals surface area contributed by atoms with E-state index < -0.39 is 5.41 Å². The van der Waals surface area contributed by atoms with Gasteiger partial charge in [-0.25, -0.2) is 0 Å². The normalized spacial score (nSPS) is 41.5. The van der Waals surface area contributed by atoms with Crippen molar-refractivity contribution in [2.75, 3.05) is 6.54 Å². The van der Waals surface area contributed by atoms with Crippen molar-refractivity contribution in [3.8, 4) is 0 Å². The van der Waals surface area contributed by atoms with Crippen LogP contribution < -0.4 is 5.73 Å². The van der Waals surface area contributed by atoms with E-state index >= 15 is 0 Å². The molecule has 0 radical (unpaired) electrons. The summed E-state index contributed by atoms with van der Waals surface area (Å²) in [6.07, 6.45) is 7.97. The van der Waals surface area contributed by atoms with E-state index in [1.807, 2.05) is 0 Å². The summed E-state index contributed by atoms with van der Waals surface area (Å²) in [6.45, 7) is 3.10. The molecule has 19 heavy (non-hydrogen) atoms. The van der Waals surface area contributed by atoms with Crippen molar-refractivity contribution in [3.63, 3.8) is 0 Å². The summed E-state index contributed by atoms with van der Waals surface area (Å²) in [5.41, 5.74) is 5.42. The van der Waals surface area contributed by atoms with Crippen molar-refractivity contribution >= 4 is 23.1 Å². The van der Waals surface area contributed by atoms with Gasteiger partial charge in [-0.3, -0.25) is 4.79 Å². The third kappa shape index (κ3) is 1.99. The summed E-state index contributed by atoms with van der Waals surface area (Å²) in [5, 5.41) is 0. The zero-order valence-corrected chi connectivity index (χ0v) is 12.5. The maximum absolute atomic E-state index is 12.9. The maximum Gasteiger partial charge on any atom is 0.235 e. The highest BCUT2D eigenvalue weighted by molar-refractivity contribution is 7.80. The van der Waals surface area contributed by atoms with E-state index in [-0.39, 0.29) is 5.91 Å². The molecule has 0 aromatic carbocycles. The molecule has 4 heteroatoms. The largest absolute Gasteiger partial charge is 0.392 e. The van der Waals surface area contributed by atoms with Crippen LogP contribution in [0.25, 0.3) is 0 Å². The monoisotopic (exact) mass is 280 g/mol. The molecule has 3 nitrogen and oxygen atoms in total. The van der Waals surface area contributed by atoms with Gasteiger partial charge in [-0.15, -0.1) is 0 Å². The first kappa shape index (κ1) is 13.3. The molecule has 1 aliphatic heterocycles. The number of rotatable bonds is 2. The number of fused-ring (bicyclic) bond motifs is 1. The molecule has 2 N–H and O–H groups in total. The highest BCUT2D eigenvalue weighted by Gasteiger charge is 2.54. The third-order valence-corrected chi connectivity index (χ3v) is 5.94. The van der Waals surface area contributed by atoms with Gasteiger partial charge in [0, 0.05) is 12.6 Å². The van der Waals surface area contributed by atoms with Gasteiger partial charge in [0.2, 0.25) is 5.91 Å². The molecule has 2 atom stereocenters. The Labute approximate surface area is 120 Å². The summed E-state index contributed by atoms with van der Waals surface area (Å²) in [5.74, 6) is 1.56. The van der Waals surface area contributed by atoms with Crippen LogP contribution >= 0.6 is 12.2 Å². The SMILES string of the molecule is CC1CC(C(=O)N2CCC3CCCCC32)(C(N)=S)C1. The quantitative estimate of drug-likeness (QED) is 0.791. The van der Waals surface area contributed by atoms with Crippen LogP contribution in [0.15, 0.2) is 0 Å².